The van der Waals surface area contributed by atoms with E-state index in [1.165, 1.54) is 11.9 Å². The Morgan fingerprint density at radius 1 is 1.17 bits per heavy atom. The van der Waals surface area contributed by atoms with Crippen molar-refractivity contribution in [1.29, 1.82) is 0 Å². The molecule has 2 heterocycles. The highest BCUT2D eigenvalue weighted by molar-refractivity contribution is 5.92. The summed E-state index contributed by atoms with van der Waals surface area (Å²) in [6.45, 7) is 5.98. The van der Waals surface area contributed by atoms with Crippen molar-refractivity contribution in [3.63, 3.8) is 0 Å². The van der Waals surface area contributed by atoms with Crippen LogP contribution >= 0.6 is 0 Å². The monoisotopic (exact) mass is 483 g/mol. The summed E-state index contributed by atoms with van der Waals surface area (Å²) in [5.41, 5.74) is 8.96. The van der Waals surface area contributed by atoms with Gasteiger partial charge in [-0.05, 0) is 35.7 Å². The van der Waals surface area contributed by atoms with Crippen molar-refractivity contribution in [2.75, 3.05) is 13.6 Å². The van der Waals surface area contributed by atoms with E-state index in [1.807, 2.05) is 45.0 Å². The first kappa shape index (κ1) is 27.9. The minimum atomic E-state index is -0.874. The van der Waals surface area contributed by atoms with Crippen molar-refractivity contribution in [3.05, 3.63) is 65.5 Å². The molecule has 0 spiro atoms. The number of nitrogens with one attached hydrogen (secondary N) is 2. The smallest absolute Gasteiger partial charge is 0.243 e. The maximum atomic E-state index is 13.1. The molecule has 0 radical (unpaired) electrons. The second-order valence-corrected chi connectivity index (χ2v) is 8.35. The largest absolute Gasteiger partial charge is 0.391 e. The van der Waals surface area contributed by atoms with E-state index in [4.69, 9.17) is 5.73 Å². The summed E-state index contributed by atoms with van der Waals surface area (Å²) in [5.74, 6) is -1.14. The van der Waals surface area contributed by atoms with E-state index < -0.39 is 30.1 Å². The first-order valence-electron chi connectivity index (χ1n) is 12.0. The number of carbonyl (C=O) groups excluding carboxylic acids is 3. The maximum Gasteiger partial charge on any atom is 0.243 e. The number of hydrogen-bond donors (Lipinski definition) is 4. The van der Waals surface area contributed by atoms with Crippen LogP contribution in [-0.2, 0) is 20.8 Å². The number of β-amino-alcohol motifs (C(OH)–C–C–N with tert-alkyl or cyclic N) is 1. The molecule has 35 heavy (non-hydrogen) atoms. The molecule has 0 bridgehead atoms. The quantitative estimate of drug-likeness (QED) is 0.446. The van der Waals surface area contributed by atoms with Crippen molar-refractivity contribution in [2.24, 2.45) is 5.73 Å². The Bertz CT molecular complexity index is 985. The highest BCUT2D eigenvalue weighted by Gasteiger charge is 2.40. The van der Waals surface area contributed by atoms with Crippen LogP contribution in [0.3, 0.4) is 0 Å². The number of benzene rings is 1. The van der Waals surface area contributed by atoms with E-state index in [0.717, 1.165) is 16.7 Å². The second kappa shape index (κ2) is 13.6. The molecule has 9 nitrogen and oxygen atoms in total. The highest BCUT2D eigenvalue weighted by Crippen LogP contribution is 2.24. The number of aliphatic hydroxyl groups is 1. The first-order chi connectivity index (χ1) is 16.8. The number of hydrogen-bond acceptors (Lipinski definition) is 6. The van der Waals surface area contributed by atoms with E-state index in [0.29, 0.717) is 0 Å². The van der Waals surface area contributed by atoms with Gasteiger partial charge in [0.15, 0.2) is 0 Å². The maximum absolute atomic E-state index is 13.1. The van der Waals surface area contributed by atoms with Gasteiger partial charge >= 0.3 is 0 Å². The molecule has 190 valence electrons. The van der Waals surface area contributed by atoms with Gasteiger partial charge in [-0.25, -0.2) is 0 Å². The summed E-state index contributed by atoms with van der Waals surface area (Å²) in [6, 6.07) is 8.89. The summed E-state index contributed by atoms with van der Waals surface area (Å²) in [7, 11) is 1.50. The predicted molar refractivity (Wildman–Crippen MR) is 134 cm³/mol. The molecule has 5 N–H and O–H groups in total. The molecule has 1 saturated heterocycles. The molecule has 1 aliphatic heterocycles. The molecule has 9 heteroatoms. The molecule has 0 aliphatic carbocycles. The fourth-order valence-corrected chi connectivity index (χ4v) is 4.16. The van der Waals surface area contributed by atoms with Gasteiger partial charge in [0, 0.05) is 51.3 Å². The fourth-order valence-electron chi connectivity index (χ4n) is 4.16. The van der Waals surface area contributed by atoms with E-state index in [-0.39, 0.29) is 37.6 Å². The number of likely N-dealkylation sites (N-methyl/N-ethyl adjacent to an activating group) is 1. The van der Waals surface area contributed by atoms with Gasteiger partial charge in [-0.15, -0.1) is 0 Å². The number of likely N-dealkylation sites (tertiary alicyclic amines) is 1. The van der Waals surface area contributed by atoms with Gasteiger partial charge in [-0.2, -0.15) is 0 Å². The Labute approximate surface area is 207 Å². The fraction of sp³-hybridized carbons (Fsp3) is 0.462. The second-order valence-electron chi connectivity index (χ2n) is 8.35. The van der Waals surface area contributed by atoms with Crippen molar-refractivity contribution in [1.82, 2.24) is 20.5 Å². The number of aliphatic hydroxyl groups excluding tert-OH is 1. The van der Waals surface area contributed by atoms with E-state index >= 15 is 0 Å². The molecule has 1 aliphatic rings. The molecule has 1 aromatic heterocycles. The molecule has 3 amide bonds. The molecular formula is C26H37N5O4. The zero-order chi connectivity index (χ0) is 26.0. The number of rotatable bonds is 8. The third-order valence-electron chi connectivity index (χ3n) is 5.95. The highest BCUT2D eigenvalue weighted by atomic mass is 16.3. The van der Waals surface area contributed by atoms with Crippen molar-refractivity contribution in [2.45, 2.75) is 64.3 Å². The lowest BCUT2D eigenvalue weighted by atomic mass is 9.99. The molecule has 0 unspecified atom stereocenters. The van der Waals surface area contributed by atoms with Gasteiger partial charge in [-0.3, -0.25) is 19.4 Å². The van der Waals surface area contributed by atoms with Crippen LogP contribution in [0, 0.1) is 6.92 Å². The number of amides is 3. The van der Waals surface area contributed by atoms with E-state index in [9.17, 15) is 19.5 Å². The lowest BCUT2D eigenvalue weighted by molar-refractivity contribution is -0.139. The molecular weight excluding hydrogens is 446 g/mol. The summed E-state index contributed by atoms with van der Waals surface area (Å²) in [6.07, 6.45) is 2.80. The Hall–Kier alpha value is -3.30. The third kappa shape index (κ3) is 7.60. The Kier molecular flexibility index (Phi) is 10.8. The topological polar surface area (TPSA) is 138 Å². The van der Waals surface area contributed by atoms with Gasteiger partial charge in [0.1, 0.15) is 12.1 Å². The number of aromatic nitrogens is 1. The van der Waals surface area contributed by atoms with Crippen LogP contribution in [0.5, 0.6) is 0 Å². The van der Waals surface area contributed by atoms with Crippen molar-refractivity contribution in [3.8, 4) is 0 Å². The van der Waals surface area contributed by atoms with Crippen LogP contribution in [0.2, 0.25) is 0 Å². The molecule has 1 aromatic carbocycles. The van der Waals surface area contributed by atoms with E-state index in [1.54, 1.807) is 24.5 Å². The summed E-state index contributed by atoms with van der Waals surface area (Å²) in [4.78, 5) is 43.9. The molecule has 3 rings (SSSR count). The predicted octanol–water partition coefficient (Wildman–Crippen LogP) is 1.24. The normalized spacial score (nSPS) is 18.6. The molecule has 4 atom stereocenters. The van der Waals surface area contributed by atoms with Crippen LogP contribution in [0.1, 0.15) is 49.4 Å². The summed E-state index contributed by atoms with van der Waals surface area (Å²) in [5, 5.41) is 15.5. The van der Waals surface area contributed by atoms with Crippen LogP contribution in [0.4, 0.5) is 0 Å². The first-order valence-corrected chi connectivity index (χ1v) is 12.0. The average Bonchev–Trinajstić information content (AvgIpc) is 3.27. The Morgan fingerprint density at radius 3 is 2.46 bits per heavy atom. The third-order valence-corrected chi connectivity index (χ3v) is 5.95. The number of pyridine rings is 1. The van der Waals surface area contributed by atoms with E-state index in [2.05, 4.69) is 15.6 Å². The van der Waals surface area contributed by atoms with Gasteiger partial charge < -0.3 is 26.4 Å². The van der Waals surface area contributed by atoms with Crippen molar-refractivity contribution < 1.29 is 19.5 Å². The van der Waals surface area contributed by atoms with Gasteiger partial charge in [0.05, 0.1) is 6.10 Å². The van der Waals surface area contributed by atoms with Gasteiger partial charge in [0.25, 0.3) is 0 Å². The zero-order valence-corrected chi connectivity index (χ0v) is 20.9. The Balaban J connectivity index is 0.00000210. The lowest BCUT2D eigenvalue weighted by Gasteiger charge is -2.27. The number of nitrogens with zero attached hydrogens (tertiary/aromatic N) is 2. The average molecular weight is 484 g/mol. The van der Waals surface area contributed by atoms with Gasteiger partial charge in [0.2, 0.25) is 17.7 Å². The SMILES string of the molecule is CC.CNC(=O)[C@H](Cc1ccncc1)NC(=O)[C@@H]1C[C@@H](O)CN1C(=O)C[C@H](N)c1ccccc1C. The lowest BCUT2D eigenvalue weighted by Crippen LogP contribution is -2.53. The zero-order valence-electron chi connectivity index (χ0n) is 20.9. The van der Waals surface area contributed by atoms with Crippen molar-refractivity contribution >= 4 is 17.7 Å². The number of nitrogens with two attached hydrogens (primary N) is 1. The number of aryl methyl sites for hydroxylation is 1. The molecule has 1 fully saturated rings. The summed E-state index contributed by atoms with van der Waals surface area (Å²) >= 11 is 0. The molecule has 2 aromatic rings. The minimum Gasteiger partial charge on any atom is -0.391 e. The summed E-state index contributed by atoms with van der Waals surface area (Å²) < 4.78 is 0. The van der Waals surface area contributed by atoms with Crippen LogP contribution in [-0.4, -0.2) is 64.5 Å². The standard InChI is InChI=1S/C24H31N5O4.C2H6/c1-15-5-3-4-6-18(15)19(25)13-22(31)29-14-17(30)12-21(29)24(33)28-20(23(32)26-2)11-16-7-9-27-10-8-16;1-2/h3-10,17,19-21,30H,11-14,25H2,1-2H3,(H,26,32)(H,28,33);1-2H3/t17-,19+,20+,21+;/m1./s1. The minimum absolute atomic E-state index is 0.0112. The molecule has 0 saturated carbocycles. The number of carbonyl (C=O) groups is 3. The van der Waals surface area contributed by atoms with Crippen LogP contribution < -0.4 is 16.4 Å². The van der Waals surface area contributed by atoms with Crippen LogP contribution in [0.15, 0.2) is 48.8 Å². The van der Waals surface area contributed by atoms with Crippen LogP contribution in [0.25, 0.3) is 0 Å². The van der Waals surface area contributed by atoms with Gasteiger partial charge in [-0.1, -0.05) is 38.1 Å². The Morgan fingerprint density at radius 2 is 1.83 bits per heavy atom.